The minimum atomic E-state index is 0.128. The number of benzene rings is 1. The molecule has 2 rings (SSSR count). The van der Waals surface area contributed by atoms with Gasteiger partial charge in [0, 0.05) is 6.54 Å². The van der Waals surface area contributed by atoms with E-state index in [9.17, 15) is 0 Å². The van der Waals surface area contributed by atoms with E-state index in [1.165, 1.54) is 24.0 Å². The average Bonchev–Trinajstić information content (AvgIpc) is 3.13. The molecule has 19 heavy (non-hydrogen) atoms. The number of ether oxygens (including phenoxy) is 1. The molecule has 0 bridgehead atoms. The van der Waals surface area contributed by atoms with Gasteiger partial charge in [0.1, 0.15) is 12.4 Å². The first-order chi connectivity index (χ1) is 8.97. The lowest BCUT2D eigenvalue weighted by Crippen LogP contribution is -2.24. The van der Waals surface area contributed by atoms with Crippen LogP contribution in [0.2, 0.25) is 0 Å². The van der Waals surface area contributed by atoms with Crippen LogP contribution in [0.25, 0.3) is 0 Å². The maximum absolute atomic E-state index is 5.96. The van der Waals surface area contributed by atoms with Crippen LogP contribution in [0.3, 0.4) is 0 Å². The molecular formula is C17H27NO. The molecule has 2 heteroatoms. The van der Waals surface area contributed by atoms with E-state index in [4.69, 9.17) is 4.74 Å². The number of nitrogens with one attached hydrogen (secondary N) is 1. The van der Waals surface area contributed by atoms with Gasteiger partial charge in [0.25, 0.3) is 0 Å². The van der Waals surface area contributed by atoms with E-state index in [0.29, 0.717) is 0 Å². The fourth-order valence-corrected chi connectivity index (χ4v) is 2.22. The van der Waals surface area contributed by atoms with E-state index in [-0.39, 0.29) is 5.41 Å². The molecule has 1 aliphatic carbocycles. The van der Waals surface area contributed by atoms with Crippen LogP contribution in [-0.2, 0) is 5.41 Å². The molecule has 0 saturated heterocycles. The lowest BCUT2D eigenvalue weighted by atomic mass is 9.85. The van der Waals surface area contributed by atoms with Crippen molar-refractivity contribution in [2.75, 3.05) is 19.7 Å². The fourth-order valence-electron chi connectivity index (χ4n) is 2.22. The van der Waals surface area contributed by atoms with Gasteiger partial charge in [0.2, 0.25) is 0 Å². The summed E-state index contributed by atoms with van der Waals surface area (Å²) in [7, 11) is 0. The van der Waals surface area contributed by atoms with Gasteiger partial charge in [-0.1, -0.05) is 38.5 Å². The Bertz CT molecular complexity index is 416. The Balaban J connectivity index is 1.87. The molecule has 1 aliphatic rings. The van der Waals surface area contributed by atoms with Gasteiger partial charge >= 0.3 is 0 Å². The Morgan fingerprint density at radius 2 is 2.00 bits per heavy atom. The topological polar surface area (TPSA) is 21.3 Å². The second kappa shape index (κ2) is 5.96. The zero-order valence-electron chi connectivity index (χ0n) is 12.8. The highest BCUT2D eigenvalue weighted by Gasteiger charge is 2.20. The quantitative estimate of drug-likeness (QED) is 0.789. The van der Waals surface area contributed by atoms with E-state index < -0.39 is 0 Å². The van der Waals surface area contributed by atoms with Crippen molar-refractivity contribution in [1.29, 1.82) is 0 Å². The Labute approximate surface area is 117 Å². The first-order valence-electron chi connectivity index (χ1n) is 7.41. The Morgan fingerprint density at radius 3 is 2.63 bits per heavy atom. The molecule has 0 atom stereocenters. The van der Waals surface area contributed by atoms with Crippen molar-refractivity contribution >= 4 is 0 Å². The van der Waals surface area contributed by atoms with Crippen molar-refractivity contribution in [3.63, 3.8) is 0 Å². The van der Waals surface area contributed by atoms with Crippen molar-refractivity contribution < 1.29 is 4.74 Å². The van der Waals surface area contributed by atoms with E-state index in [1.807, 2.05) is 0 Å². The fraction of sp³-hybridized carbons (Fsp3) is 0.647. The summed E-state index contributed by atoms with van der Waals surface area (Å²) in [6, 6.07) is 6.48. The maximum Gasteiger partial charge on any atom is 0.123 e. The first kappa shape index (κ1) is 14.4. The molecule has 0 aliphatic heterocycles. The Kier molecular flexibility index (Phi) is 4.51. The molecule has 0 amide bonds. The van der Waals surface area contributed by atoms with Crippen LogP contribution < -0.4 is 10.1 Å². The number of rotatable bonds is 6. The minimum Gasteiger partial charge on any atom is -0.492 e. The molecule has 0 radical (unpaired) electrons. The maximum atomic E-state index is 5.96. The predicted molar refractivity (Wildman–Crippen MR) is 81.0 cm³/mol. The van der Waals surface area contributed by atoms with E-state index in [2.05, 4.69) is 51.2 Å². The normalized spacial score (nSPS) is 15.6. The molecule has 0 aromatic heterocycles. The van der Waals surface area contributed by atoms with Gasteiger partial charge < -0.3 is 10.1 Å². The van der Waals surface area contributed by atoms with E-state index in [1.54, 1.807) is 0 Å². The van der Waals surface area contributed by atoms with Crippen LogP contribution in [0, 0.1) is 12.8 Å². The third kappa shape index (κ3) is 4.54. The minimum absolute atomic E-state index is 0.128. The van der Waals surface area contributed by atoms with Gasteiger partial charge in [-0.2, -0.15) is 0 Å². The summed E-state index contributed by atoms with van der Waals surface area (Å²) in [5.41, 5.74) is 2.72. The summed E-state index contributed by atoms with van der Waals surface area (Å²) < 4.78 is 5.96. The third-order valence-corrected chi connectivity index (χ3v) is 3.61. The number of hydrogen-bond acceptors (Lipinski definition) is 2. The lowest BCUT2D eigenvalue weighted by molar-refractivity contribution is 0.305. The lowest BCUT2D eigenvalue weighted by Gasteiger charge is -2.23. The zero-order valence-corrected chi connectivity index (χ0v) is 12.8. The molecule has 0 spiro atoms. The van der Waals surface area contributed by atoms with Gasteiger partial charge in [0.05, 0.1) is 0 Å². The van der Waals surface area contributed by atoms with Crippen LogP contribution in [0.1, 0.15) is 44.7 Å². The van der Waals surface area contributed by atoms with Gasteiger partial charge in [-0.25, -0.2) is 0 Å². The van der Waals surface area contributed by atoms with Crippen LogP contribution in [0.4, 0.5) is 0 Å². The molecule has 1 aromatic carbocycles. The van der Waals surface area contributed by atoms with Crippen molar-refractivity contribution in [2.45, 2.75) is 46.0 Å². The van der Waals surface area contributed by atoms with Crippen molar-refractivity contribution in [2.24, 2.45) is 5.92 Å². The van der Waals surface area contributed by atoms with Gasteiger partial charge in [0.15, 0.2) is 0 Å². The largest absolute Gasteiger partial charge is 0.492 e. The van der Waals surface area contributed by atoms with Crippen LogP contribution in [-0.4, -0.2) is 19.7 Å². The smallest absolute Gasteiger partial charge is 0.123 e. The molecule has 106 valence electrons. The average molecular weight is 261 g/mol. The highest BCUT2D eigenvalue weighted by molar-refractivity contribution is 5.41. The van der Waals surface area contributed by atoms with Crippen LogP contribution in [0.5, 0.6) is 5.75 Å². The molecule has 0 heterocycles. The summed E-state index contributed by atoms with van der Waals surface area (Å²) in [5, 5.41) is 3.46. The molecule has 1 N–H and O–H groups in total. The third-order valence-electron chi connectivity index (χ3n) is 3.61. The van der Waals surface area contributed by atoms with E-state index in [0.717, 1.165) is 31.4 Å². The van der Waals surface area contributed by atoms with E-state index >= 15 is 0 Å². The standard InChI is InChI=1S/C17H27NO/c1-13-5-8-16(15(11-13)17(2,3)4)19-10-9-18-12-14-6-7-14/h5,8,11,14,18H,6-7,9-10,12H2,1-4H3. The Hall–Kier alpha value is -1.02. The van der Waals surface area contributed by atoms with Crippen LogP contribution >= 0.6 is 0 Å². The summed E-state index contributed by atoms with van der Waals surface area (Å²) >= 11 is 0. The van der Waals surface area contributed by atoms with Gasteiger partial charge in [-0.15, -0.1) is 0 Å². The zero-order chi connectivity index (χ0) is 13.9. The SMILES string of the molecule is Cc1ccc(OCCNCC2CC2)c(C(C)(C)C)c1. The highest BCUT2D eigenvalue weighted by atomic mass is 16.5. The molecule has 1 fully saturated rings. The summed E-state index contributed by atoms with van der Waals surface area (Å²) in [6.07, 6.45) is 2.81. The van der Waals surface area contributed by atoms with Crippen molar-refractivity contribution in [3.05, 3.63) is 29.3 Å². The first-order valence-corrected chi connectivity index (χ1v) is 7.41. The molecule has 1 aromatic rings. The molecule has 1 saturated carbocycles. The molecule has 0 unspecified atom stereocenters. The summed E-state index contributed by atoms with van der Waals surface area (Å²) in [6.45, 7) is 11.7. The Morgan fingerprint density at radius 1 is 1.26 bits per heavy atom. The number of hydrogen-bond donors (Lipinski definition) is 1. The molecular weight excluding hydrogens is 234 g/mol. The summed E-state index contributed by atoms with van der Waals surface area (Å²) in [4.78, 5) is 0. The predicted octanol–water partition coefficient (Wildman–Crippen LogP) is 3.67. The van der Waals surface area contributed by atoms with Gasteiger partial charge in [-0.05, 0) is 49.3 Å². The van der Waals surface area contributed by atoms with Crippen molar-refractivity contribution in [1.82, 2.24) is 5.32 Å². The molecule has 2 nitrogen and oxygen atoms in total. The second-order valence-electron chi connectivity index (χ2n) is 6.75. The second-order valence-corrected chi connectivity index (χ2v) is 6.75. The van der Waals surface area contributed by atoms with Gasteiger partial charge in [-0.3, -0.25) is 0 Å². The number of aryl methyl sites for hydroxylation is 1. The van der Waals surface area contributed by atoms with Crippen molar-refractivity contribution in [3.8, 4) is 5.75 Å². The highest BCUT2D eigenvalue weighted by Crippen LogP contribution is 2.32. The van der Waals surface area contributed by atoms with Crippen LogP contribution in [0.15, 0.2) is 18.2 Å². The summed E-state index contributed by atoms with van der Waals surface area (Å²) in [5.74, 6) is 1.97. The monoisotopic (exact) mass is 261 g/mol.